The zero-order valence-electron chi connectivity index (χ0n) is 12.8. The van der Waals surface area contributed by atoms with Gasteiger partial charge in [-0.25, -0.2) is 0 Å². The van der Waals surface area contributed by atoms with Crippen LogP contribution >= 0.6 is 0 Å². The Morgan fingerprint density at radius 1 is 1.14 bits per heavy atom. The number of nitrogens with one attached hydrogen (secondary N) is 1. The molecule has 0 heterocycles. The summed E-state index contributed by atoms with van der Waals surface area (Å²) in [5, 5.41) is 2.92. The van der Waals surface area contributed by atoms with Crippen LogP contribution in [0.25, 0.3) is 0 Å². The van der Waals surface area contributed by atoms with Crippen LogP contribution in [0.5, 0.6) is 0 Å². The normalized spacial score (nSPS) is 12.0. The number of nitrogens with two attached hydrogens (primary N) is 1. The van der Waals surface area contributed by atoms with Crippen LogP contribution in [0, 0.1) is 13.8 Å². The average Bonchev–Trinajstić information content (AvgIpc) is 2.43. The van der Waals surface area contributed by atoms with Crippen molar-refractivity contribution in [1.82, 2.24) is 0 Å². The number of hydrogen-bond acceptors (Lipinski definition) is 2. The zero-order chi connectivity index (χ0) is 15.4. The molecule has 0 saturated heterocycles. The van der Waals surface area contributed by atoms with Crippen molar-refractivity contribution in [2.24, 2.45) is 5.73 Å². The van der Waals surface area contributed by atoms with Crippen LogP contribution in [0.15, 0.2) is 42.5 Å². The van der Waals surface area contributed by atoms with Crippen molar-refractivity contribution in [3.63, 3.8) is 0 Å². The Morgan fingerprint density at radius 2 is 1.81 bits per heavy atom. The lowest BCUT2D eigenvalue weighted by Gasteiger charge is -2.10. The van der Waals surface area contributed by atoms with E-state index < -0.39 is 0 Å². The molecule has 1 atom stereocenters. The minimum atomic E-state index is -0.00255. The van der Waals surface area contributed by atoms with E-state index in [1.165, 1.54) is 5.56 Å². The third-order valence-electron chi connectivity index (χ3n) is 3.58. The van der Waals surface area contributed by atoms with Gasteiger partial charge in [-0.1, -0.05) is 35.9 Å². The average molecular weight is 282 g/mol. The highest BCUT2D eigenvalue weighted by Gasteiger charge is 2.07. The van der Waals surface area contributed by atoms with E-state index in [4.69, 9.17) is 5.73 Å². The second kappa shape index (κ2) is 6.55. The molecule has 2 rings (SSSR count). The predicted octanol–water partition coefficient (Wildman–Crippen LogP) is 3.50. The largest absolute Gasteiger partial charge is 0.326 e. The van der Waals surface area contributed by atoms with E-state index >= 15 is 0 Å². The molecule has 0 radical (unpaired) electrons. The quantitative estimate of drug-likeness (QED) is 0.901. The summed E-state index contributed by atoms with van der Waals surface area (Å²) in [7, 11) is 0. The van der Waals surface area contributed by atoms with Crippen LogP contribution in [0.2, 0.25) is 0 Å². The first kappa shape index (κ1) is 15.3. The summed E-state index contributed by atoms with van der Waals surface area (Å²) in [6.45, 7) is 6.00. The number of benzene rings is 2. The van der Waals surface area contributed by atoms with Gasteiger partial charge in [0.1, 0.15) is 0 Å². The first-order chi connectivity index (χ1) is 9.95. The fourth-order valence-corrected chi connectivity index (χ4v) is 2.24. The summed E-state index contributed by atoms with van der Waals surface area (Å²) in [6.07, 6.45) is 0.391. The van der Waals surface area contributed by atoms with Gasteiger partial charge in [-0.3, -0.25) is 4.79 Å². The highest BCUT2D eigenvalue weighted by atomic mass is 16.1. The molecule has 0 aromatic heterocycles. The maximum Gasteiger partial charge on any atom is 0.228 e. The molecule has 3 heteroatoms. The Labute approximate surface area is 126 Å². The molecule has 0 saturated carbocycles. The van der Waals surface area contributed by atoms with Gasteiger partial charge in [-0.05, 0) is 49.6 Å². The summed E-state index contributed by atoms with van der Waals surface area (Å²) in [5.41, 5.74) is 11.1. The van der Waals surface area contributed by atoms with Crippen molar-refractivity contribution < 1.29 is 4.79 Å². The molecular formula is C18H22N2O. The van der Waals surface area contributed by atoms with Gasteiger partial charge in [-0.2, -0.15) is 0 Å². The van der Waals surface area contributed by atoms with Crippen LogP contribution in [-0.4, -0.2) is 5.91 Å². The Morgan fingerprint density at radius 3 is 2.43 bits per heavy atom. The molecule has 0 aliphatic carbocycles. The predicted molar refractivity (Wildman–Crippen MR) is 87.3 cm³/mol. The molecule has 0 fully saturated rings. The van der Waals surface area contributed by atoms with Crippen molar-refractivity contribution >= 4 is 11.6 Å². The van der Waals surface area contributed by atoms with E-state index in [0.29, 0.717) is 6.42 Å². The second-order valence-electron chi connectivity index (χ2n) is 5.57. The molecule has 3 N–H and O–H groups in total. The molecule has 0 spiro atoms. The summed E-state index contributed by atoms with van der Waals surface area (Å²) in [6, 6.07) is 13.8. The van der Waals surface area contributed by atoms with Gasteiger partial charge < -0.3 is 11.1 Å². The summed E-state index contributed by atoms with van der Waals surface area (Å²) >= 11 is 0. The number of carbonyl (C=O) groups is 1. The molecule has 3 nitrogen and oxygen atoms in total. The fraction of sp³-hybridized carbons (Fsp3) is 0.278. The van der Waals surface area contributed by atoms with E-state index in [2.05, 4.69) is 23.5 Å². The van der Waals surface area contributed by atoms with Crippen molar-refractivity contribution in [3.8, 4) is 0 Å². The fourth-order valence-electron chi connectivity index (χ4n) is 2.24. The molecule has 0 bridgehead atoms. The molecule has 21 heavy (non-hydrogen) atoms. The Kier molecular flexibility index (Phi) is 4.76. The lowest BCUT2D eigenvalue weighted by molar-refractivity contribution is -0.115. The molecule has 0 aliphatic heterocycles. The van der Waals surface area contributed by atoms with Crippen LogP contribution < -0.4 is 11.1 Å². The minimum Gasteiger partial charge on any atom is -0.326 e. The van der Waals surface area contributed by atoms with Crippen molar-refractivity contribution in [3.05, 3.63) is 64.7 Å². The van der Waals surface area contributed by atoms with Crippen molar-refractivity contribution in [1.29, 1.82) is 0 Å². The Hall–Kier alpha value is -2.13. The van der Waals surface area contributed by atoms with Crippen LogP contribution in [0.1, 0.15) is 35.2 Å². The SMILES string of the molecule is Cc1ccc(C)c(CC(=O)Nc2ccc(C(C)N)cc2)c1. The van der Waals surface area contributed by atoms with E-state index in [0.717, 1.165) is 22.4 Å². The second-order valence-corrected chi connectivity index (χ2v) is 5.57. The van der Waals surface area contributed by atoms with E-state index in [1.54, 1.807) is 0 Å². The molecule has 0 aliphatic rings. The Balaban J connectivity index is 2.03. The lowest BCUT2D eigenvalue weighted by atomic mass is 10.0. The molecule has 2 aromatic rings. The smallest absolute Gasteiger partial charge is 0.228 e. The van der Waals surface area contributed by atoms with Crippen molar-refractivity contribution in [2.75, 3.05) is 5.32 Å². The van der Waals surface area contributed by atoms with Gasteiger partial charge >= 0.3 is 0 Å². The maximum atomic E-state index is 12.1. The first-order valence-corrected chi connectivity index (χ1v) is 7.17. The number of rotatable bonds is 4. The van der Waals surface area contributed by atoms with Gasteiger partial charge in [0, 0.05) is 11.7 Å². The van der Waals surface area contributed by atoms with Crippen LogP contribution in [0.3, 0.4) is 0 Å². The van der Waals surface area contributed by atoms with Crippen LogP contribution in [0.4, 0.5) is 5.69 Å². The van der Waals surface area contributed by atoms with E-state index in [-0.39, 0.29) is 11.9 Å². The van der Waals surface area contributed by atoms with Crippen molar-refractivity contribution in [2.45, 2.75) is 33.2 Å². The first-order valence-electron chi connectivity index (χ1n) is 7.17. The van der Waals surface area contributed by atoms with E-state index in [9.17, 15) is 4.79 Å². The Bertz CT molecular complexity index is 630. The van der Waals surface area contributed by atoms with Gasteiger partial charge in [0.2, 0.25) is 5.91 Å². The number of aryl methyl sites for hydroxylation is 2. The molecule has 1 amide bonds. The lowest BCUT2D eigenvalue weighted by Crippen LogP contribution is -2.15. The van der Waals surface area contributed by atoms with Gasteiger partial charge in [-0.15, -0.1) is 0 Å². The number of anilines is 1. The molecule has 1 unspecified atom stereocenters. The highest BCUT2D eigenvalue weighted by molar-refractivity contribution is 5.92. The summed E-state index contributed by atoms with van der Waals surface area (Å²) in [4.78, 5) is 12.1. The third kappa shape index (κ3) is 4.17. The number of carbonyl (C=O) groups excluding carboxylic acids is 1. The van der Waals surface area contributed by atoms with Gasteiger partial charge in [0.25, 0.3) is 0 Å². The monoisotopic (exact) mass is 282 g/mol. The molecule has 110 valence electrons. The standard InChI is InChI=1S/C18H22N2O/c1-12-4-5-13(2)16(10-12)11-18(21)20-17-8-6-15(7-9-17)14(3)19/h4-10,14H,11,19H2,1-3H3,(H,20,21). The highest BCUT2D eigenvalue weighted by Crippen LogP contribution is 2.16. The third-order valence-corrected chi connectivity index (χ3v) is 3.58. The number of hydrogen-bond donors (Lipinski definition) is 2. The minimum absolute atomic E-state index is 0.00255. The summed E-state index contributed by atoms with van der Waals surface area (Å²) in [5.74, 6) is -0.00255. The van der Waals surface area contributed by atoms with Gasteiger partial charge in [0.05, 0.1) is 6.42 Å². The molecule has 2 aromatic carbocycles. The van der Waals surface area contributed by atoms with Crippen LogP contribution in [-0.2, 0) is 11.2 Å². The zero-order valence-corrected chi connectivity index (χ0v) is 12.8. The maximum absolute atomic E-state index is 12.1. The summed E-state index contributed by atoms with van der Waals surface area (Å²) < 4.78 is 0. The topological polar surface area (TPSA) is 55.1 Å². The van der Waals surface area contributed by atoms with E-state index in [1.807, 2.05) is 45.0 Å². The molecular weight excluding hydrogens is 260 g/mol. The number of amides is 1. The van der Waals surface area contributed by atoms with Gasteiger partial charge in [0.15, 0.2) is 0 Å².